The number of esters is 1. The number of hydrogen-bond acceptors (Lipinski definition) is 4. The molecular weight excluding hydrogens is 292 g/mol. The van der Waals surface area contributed by atoms with Gasteiger partial charge in [0.05, 0.1) is 12.7 Å². The van der Waals surface area contributed by atoms with Crippen LogP contribution in [0.1, 0.15) is 10.4 Å². The Kier molecular flexibility index (Phi) is 6.38. The lowest BCUT2D eigenvalue weighted by Gasteiger charge is -2.00. The van der Waals surface area contributed by atoms with Crippen molar-refractivity contribution in [1.82, 2.24) is 0 Å². The van der Waals surface area contributed by atoms with Crippen LogP contribution >= 0.6 is 0 Å². The molecule has 0 heterocycles. The first kappa shape index (κ1) is 16.7. The molecule has 0 aliphatic heterocycles. The van der Waals surface area contributed by atoms with Crippen molar-refractivity contribution in [3.8, 4) is 0 Å². The summed E-state index contributed by atoms with van der Waals surface area (Å²) in [4.78, 5) is 10.8. The van der Waals surface area contributed by atoms with Crippen molar-refractivity contribution >= 4 is 21.9 Å². The molecule has 0 aliphatic rings. The fraction of sp³-hybridized carbons (Fsp3) is 0.0714. The molecule has 6 nitrogen and oxygen atoms in total. The van der Waals surface area contributed by atoms with E-state index in [0.29, 0.717) is 11.3 Å². The number of methoxy groups -OCH3 is 1. The maximum atomic E-state index is 10.8. The highest BCUT2D eigenvalue weighted by atomic mass is 32.2. The van der Waals surface area contributed by atoms with Crippen LogP contribution in [0.2, 0.25) is 0 Å². The molecule has 112 valence electrons. The van der Waals surface area contributed by atoms with Crippen LogP contribution in [0, 0.1) is 0 Å². The Morgan fingerprint density at radius 2 is 1.48 bits per heavy atom. The molecule has 0 saturated heterocycles. The quantitative estimate of drug-likeness (QED) is 0.844. The number of para-hydroxylation sites is 1. The van der Waals surface area contributed by atoms with E-state index in [9.17, 15) is 13.2 Å². The molecule has 0 fully saturated rings. The minimum absolute atomic E-state index is 0.291. The minimum atomic E-state index is -3.63. The second kappa shape index (κ2) is 8.03. The number of rotatable bonds is 3. The monoisotopic (exact) mass is 308 g/mol. The molecule has 0 saturated carbocycles. The van der Waals surface area contributed by atoms with Gasteiger partial charge in [0, 0.05) is 5.69 Å². The van der Waals surface area contributed by atoms with Gasteiger partial charge in [0.25, 0.3) is 10.2 Å². The maximum Gasteiger partial charge on any atom is 0.337 e. The largest absolute Gasteiger partial charge is 0.465 e. The molecule has 0 unspecified atom stereocenters. The summed E-state index contributed by atoms with van der Waals surface area (Å²) in [5.74, 6) is -0.291. The van der Waals surface area contributed by atoms with Crippen molar-refractivity contribution in [1.29, 1.82) is 0 Å². The van der Waals surface area contributed by atoms with Gasteiger partial charge in [-0.25, -0.2) is 9.93 Å². The number of anilines is 1. The van der Waals surface area contributed by atoms with Gasteiger partial charge in [0.1, 0.15) is 0 Å². The summed E-state index contributed by atoms with van der Waals surface area (Å²) in [7, 11) is -2.26. The van der Waals surface area contributed by atoms with E-state index < -0.39 is 10.2 Å². The van der Waals surface area contributed by atoms with Gasteiger partial charge in [-0.15, -0.1) is 0 Å². The van der Waals surface area contributed by atoms with Gasteiger partial charge < -0.3 is 4.74 Å². The van der Waals surface area contributed by atoms with Crippen molar-refractivity contribution in [2.24, 2.45) is 5.14 Å². The van der Waals surface area contributed by atoms with Crippen LogP contribution in [0.25, 0.3) is 0 Å². The average molecular weight is 308 g/mol. The zero-order valence-corrected chi connectivity index (χ0v) is 12.2. The lowest BCUT2D eigenvalue weighted by molar-refractivity contribution is 0.0600. The number of ether oxygens (including phenoxy) is 1. The van der Waals surface area contributed by atoms with Crippen molar-refractivity contribution in [2.45, 2.75) is 0 Å². The molecular formula is C14H16N2O4S. The van der Waals surface area contributed by atoms with Crippen LogP contribution in [-0.4, -0.2) is 21.5 Å². The Balaban J connectivity index is 0.000000211. The van der Waals surface area contributed by atoms with Crippen LogP contribution in [0.3, 0.4) is 0 Å². The maximum absolute atomic E-state index is 10.8. The number of nitrogens with one attached hydrogen (secondary N) is 1. The van der Waals surface area contributed by atoms with Gasteiger partial charge in [-0.2, -0.15) is 8.42 Å². The molecule has 0 radical (unpaired) electrons. The van der Waals surface area contributed by atoms with Crippen LogP contribution in [0.4, 0.5) is 5.69 Å². The summed E-state index contributed by atoms with van der Waals surface area (Å²) < 4.78 is 27.6. The Hall–Kier alpha value is -2.38. The molecule has 7 heteroatoms. The van der Waals surface area contributed by atoms with E-state index in [-0.39, 0.29) is 5.97 Å². The normalized spacial score (nSPS) is 10.0. The highest BCUT2D eigenvalue weighted by Crippen LogP contribution is 2.05. The van der Waals surface area contributed by atoms with Gasteiger partial charge in [0.15, 0.2) is 0 Å². The third-order valence-corrected chi connectivity index (χ3v) is 2.75. The number of nitrogens with two attached hydrogens (primary N) is 1. The second-order valence-corrected chi connectivity index (χ2v) is 5.16. The lowest BCUT2D eigenvalue weighted by Crippen LogP contribution is -2.21. The van der Waals surface area contributed by atoms with Crippen molar-refractivity contribution in [3.05, 3.63) is 66.2 Å². The summed E-state index contributed by atoms with van der Waals surface area (Å²) in [5.41, 5.74) is 1.06. The highest BCUT2D eigenvalue weighted by Gasteiger charge is 2.00. The number of hydrogen-bond donors (Lipinski definition) is 2. The predicted octanol–water partition coefficient (Wildman–Crippen LogP) is 1.78. The predicted molar refractivity (Wildman–Crippen MR) is 81.0 cm³/mol. The summed E-state index contributed by atoms with van der Waals surface area (Å²) in [5, 5.41) is 4.73. The smallest absolute Gasteiger partial charge is 0.337 e. The van der Waals surface area contributed by atoms with Crippen LogP contribution in [0.15, 0.2) is 60.7 Å². The van der Waals surface area contributed by atoms with Gasteiger partial charge >= 0.3 is 5.97 Å². The van der Waals surface area contributed by atoms with Gasteiger partial charge in [-0.05, 0) is 24.3 Å². The molecule has 0 aromatic heterocycles. The summed E-state index contributed by atoms with van der Waals surface area (Å²) in [6.45, 7) is 0. The first-order valence-corrected chi connectivity index (χ1v) is 7.46. The number of carbonyl (C=O) groups excluding carboxylic acids is 1. The van der Waals surface area contributed by atoms with Crippen LogP contribution in [0.5, 0.6) is 0 Å². The van der Waals surface area contributed by atoms with Gasteiger partial charge in [0.2, 0.25) is 0 Å². The van der Waals surface area contributed by atoms with E-state index in [4.69, 9.17) is 5.14 Å². The Morgan fingerprint density at radius 1 is 1.00 bits per heavy atom. The second-order valence-electron chi connectivity index (χ2n) is 3.87. The van der Waals surface area contributed by atoms with E-state index in [1.54, 1.807) is 54.6 Å². The molecule has 2 rings (SSSR count). The standard InChI is InChI=1S/C8H8O2.C6H8N2O2S/c1-10-8(9)7-5-3-2-4-6-7;7-11(9,10)8-6-4-2-1-3-5-6/h2-6H,1H3;1-5,8H,(H2,7,9,10). The molecule has 0 atom stereocenters. The SMILES string of the molecule is COC(=O)c1ccccc1.NS(=O)(=O)Nc1ccccc1. The summed E-state index contributed by atoms with van der Waals surface area (Å²) in [6, 6.07) is 17.3. The zero-order valence-electron chi connectivity index (χ0n) is 11.4. The van der Waals surface area contributed by atoms with E-state index in [1.165, 1.54) is 7.11 Å². The third kappa shape index (κ3) is 7.09. The van der Waals surface area contributed by atoms with E-state index in [2.05, 4.69) is 9.46 Å². The van der Waals surface area contributed by atoms with Gasteiger partial charge in [-0.1, -0.05) is 36.4 Å². The van der Waals surface area contributed by atoms with Gasteiger partial charge in [-0.3, -0.25) is 4.72 Å². The van der Waals surface area contributed by atoms with Crippen molar-refractivity contribution < 1.29 is 17.9 Å². The minimum Gasteiger partial charge on any atom is -0.465 e. The van der Waals surface area contributed by atoms with Crippen molar-refractivity contribution in [2.75, 3.05) is 11.8 Å². The molecule has 0 aliphatic carbocycles. The average Bonchev–Trinajstić information content (AvgIpc) is 2.47. The molecule has 0 bridgehead atoms. The highest BCUT2D eigenvalue weighted by molar-refractivity contribution is 7.90. The molecule has 0 amide bonds. The lowest BCUT2D eigenvalue weighted by atomic mass is 10.2. The van der Waals surface area contributed by atoms with E-state index in [0.717, 1.165) is 0 Å². The fourth-order valence-corrected chi connectivity index (χ4v) is 1.83. The Labute approximate surface area is 123 Å². The molecule has 21 heavy (non-hydrogen) atoms. The summed E-state index contributed by atoms with van der Waals surface area (Å²) in [6.07, 6.45) is 0. The molecule has 3 N–H and O–H groups in total. The Morgan fingerprint density at radius 3 is 1.90 bits per heavy atom. The fourth-order valence-electron chi connectivity index (χ4n) is 1.36. The molecule has 0 spiro atoms. The number of benzene rings is 2. The first-order valence-electron chi connectivity index (χ1n) is 5.91. The molecule has 2 aromatic rings. The Bertz CT molecular complexity index is 658. The summed E-state index contributed by atoms with van der Waals surface area (Å²) >= 11 is 0. The topological polar surface area (TPSA) is 98.5 Å². The van der Waals surface area contributed by atoms with E-state index in [1.807, 2.05) is 6.07 Å². The zero-order chi connectivity index (χ0) is 15.7. The number of carbonyl (C=O) groups is 1. The van der Waals surface area contributed by atoms with Crippen LogP contribution < -0.4 is 9.86 Å². The third-order valence-electron chi connectivity index (χ3n) is 2.23. The molecule has 2 aromatic carbocycles. The first-order chi connectivity index (χ1) is 9.92. The van der Waals surface area contributed by atoms with Crippen molar-refractivity contribution in [3.63, 3.8) is 0 Å². The van der Waals surface area contributed by atoms with E-state index >= 15 is 0 Å². The van der Waals surface area contributed by atoms with Crippen LogP contribution in [-0.2, 0) is 14.9 Å².